The molecular formula is C23H21N3O2. The number of hydrogen-bond acceptors (Lipinski definition) is 3. The molecule has 4 rings (SSSR count). The van der Waals surface area contributed by atoms with Gasteiger partial charge in [-0.05, 0) is 55.0 Å². The van der Waals surface area contributed by atoms with E-state index in [1.54, 1.807) is 7.11 Å². The highest BCUT2D eigenvalue weighted by Crippen LogP contribution is 2.23. The Bertz CT molecular complexity index is 1130. The maximum absolute atomic E-state index is 12.4. The minimum absolute atomic E-state index is 0.0866. The summed E-state index contributed by atoms with van der Waals surface area (Å²) >= 11 is 0. The molecule has 0 saturated heterocycles. The van der Waals surface area contributed by atoms with E-state index < -0.39 is 0 Å². The number of rotatable bonds is 5. The lowest BCUT2D eigenvalue weighted by Gasteiger charge is -2.09. The molecular weight excluding hydrogens is 350 g/mol. The van der Waals surface area contributed by atoms with E-state index >= 15 is 0 Å². The van der Waals surface area contributed by atoms with Crippen LogP contribution in [0.25, 0.3) is 22.4 Å². The average Bonchev–Trinajstić information content (AvgIpc) is 3.12. The van der Waals surface area contributed by atoms with E-state index in [1.807, 2.05) is 60.7 Å². The molecule has 0 saturated carbocycles. The number of carbonyl (C=O) groups is 1. The summed E-state index contributed by atoms with van der Waals surface area (Å²) in [6.07, 6.45) is 0.259. The Morgan fingerprint density at radius 3 is 2.64 bits per heavy atom. The molecule has 0 bridgehead atoms. The number of aryl methyl sites for hydroxylation is 1. The van der Waals surface area contributed by atoms with Gasteiger partial charge >= 0.3 is 0 Å². The smallest absolute Gasteiger partial charge is 0.228 e. The first-order valence-electron chi connectivity index (χ1n) is 9.11. The highest BCUT2D eigenvalue weighted by Gasteiger charge is 2.10. The third-order valence-corrected chi connectivity index (χ3v) is 4.62. The summed E-state index contributed by atoms with van der Waals surface area (Å²) in [4.78, 5) is 20.3. The standard InChI is InChI=1S/C23H21N3O2/c1-15-7-12-19-20(13-15)26-23(25-19)16-8-10-18(11-9-16)24-22(27)14-17-5-3-4-6-21(17)28-2/h3-13H,14H2,1-2H3,(H,24,27)(H,25,26). The second-order valence-electron chi connectivity index (χ2n) is 6.72. The largest absolute Gasteiger partial charge is 0.496 e. The molecule has 0 atom stereocenters. The summed E-state index contributed by atoms with van der Waals surface area (Å²) in [5.41, 5.74) is 5.72. The molecule has 0 radical (unpaired) electrons. The topological polar surface area (TPSA) is 67.0 Å². The molecule has 0 aliphatic heterocycles. The number of aromatic amines is 1. The summed E-state index contributed by atoms with van der Waals surface area (Å²) in [5, 5.41) is 2.93. The van der Waals surface area contributed by atoms with Gasteiger partial charge in [0.05, 0.1) is 24.6 Å². The second-order valence-corrected chi connectivity index (χ2v) is 6.72. The van der Waals surface area contributed by atoms with E-state index in [4.69, 9.17) is 4.74 Å². The van der Waals surface area contributed by atoms with Crippen LogP contribution in [-0.4, -0.2) is 23.0 Å². The van der Waals surface area contributed by atoms with Crippen molar-refractivity contribution >= 4 is 22.6 Å². The molecule has 1 amide bonds. The second kappa shape index (κ2) is 7.56. The third kappa shape index (κ3) is 3.74. The summed E-state index contributed by atoms with van der Waals surface area (Å²) in [5.74, 6) is 1.44. The number of aromatic nitrogens is 2. The van der Waals surface area contributed by atoms with Crippen molar-refractivity contribution in [3.05, 3.63) is 77.9 Å². The van der Waals surface area contributed by atoms with Crippen molar-refractivity contribution in [2.45, 2.75) is 13.3 Å². The fourth-order valence-corrected chi connectivity index (χ4v) is 3.20. The van der Waals surface area contributed by atoms with Crippen molar-refractivity contribution in [2.24, 2.45) is 0 Å². The number of H-pyrrole nitrogens is 1. The number of nitrogens with zero attached hydrogens (tertiary/aromatic N) is 1. The number of carbonyl (C=O) groups excluding carboxylic acids is 1. The Morgan fingerprint density at radius 2 is 1.86 bits per heavy atom. The van der Waals surface area contributed by atoms with Crippen molar-refractivity contribution in [3.8, 4) is 17.1 Å². The van der Waals surface area contributed by atoms with Gasteiger partial charge in [0.1, 0.15) is 11.6 Å². The lowest BCUT2D eigenvalue weighted by molar-refractivity contribution is -0.115. The molecule has 4 aromatic rings. The van der Waals surface area contributed by atoms with Gasteiger partial charge in [0.25, 0.3) is 0 Å². The Balaban J connectivity index is 1.47. The quantitative estimate of drug-likeness (QED) is 0.533. The van der Waals surface area contributed by atoms with Gasteiger partial charge < -0.3 is 15.0 Å². The van der Waals surface area contributed by atoms with Gasteiger partial charge in [-0.3, -0.25) is 4.79 Å². The molecule has 5 nitrogen and oxygen atoms in total. The Kier molecular flexibility index (Phi) is 4.81. The van der Waals surface area contributed by atoms with Crippen LogP contribution < -0.4 is 10.1 Å². The van der Waals surface area contributed by atoms with Crippen LogP contribution in [-0.2, 0) is 11.2 Å². The lowest BCUT2D eigenvalue weighted by Crippen LogP contribution is -2.14. The Morgan fingerprint density at radius 1 is 1.07 bits per heavy atom. The monoisotopic (exact) mass is 371 g/mol. The molecule has 28 heavy (non-hydrogen) atoms. The molecule has 1 heterocycles. The summed E-state index contributed by atoms with van der Waals surface area (Å²) in [6.45, 7) is 2.06. The number of fused-ring (bicyclic) bond motifs is 1. The number of methoxy groups -OCH3 is 1. The Labute approximate surface area is 163 Å². The summed E-state index contributed by atoms with van der Waals surface area (Å²) < 4.78 is 5.30. The predicted molar refractivity (Wildman–Crippen MR) is 112 cm³/mol. The number of ether oxygens (including phenoxy) is 1. The normalized spacial score (nSPS) is 10.8. The molecule has 0 spiro atoms. The summed E-state index contributed by atoms with van der Waals surface area (Å²) in [6, 6.07) is 21.3. The predicted octanol–water partition coefficient (Wildman–Crippen LogP) is 4.73. The van der Waals surface area contributed by atoms with Gasteiger partial charge in [-0.15, -0.1) is 0 Å². The van der Waals surface area contributed by atoms with Gasteiger partial charge in [-0.25, -0.2) is 4.98 Å². The van der Waals surface area contributed by atoms with Crippen molar-refractivity contribution in [2.75, 3.05) is 12.4 Å². The van der Waals surface area contributed by atoms with Crippen molar-refractivity contribution in [1.29, 1.82) is 0 Å². The first kappa shape index (κ1) is 17.8. The van der Waals surface area contributed by atoms with E-state index in [2.05, 4.69) is 28.3 Å². The molecule has 1 aromatic heterocycles. The number of amides is 1. The minimum atomic E-state index is -0.0866. The molecule has 140 valence electrons. The fraction of sp³-hybridized carbons (Fsp3) is 0.130. The van der Waals surface area contributed by atoms with E-state index in [0.29, 0.717) is 5.75 Å². The Hall–Kier alpha value is -3.60. The van der Waals surface area contributed by atoms with E-state index in [-0.39, 0.29) is 12.3 Å². The number of imidazole rings is 1. The zero-order chi connectivity index (χ0) is 19.5. The molecule has 0 aliphatic carbocycles. The maximum Gasteiger partial charge on any atom is 0.228 e. The van der Waals surface area contributed by atoms with Gasteiger partial charge in [-0.1, -0.05) is 24.3 Å². The molecule has 0 aliphatic rings. The fourth-order valence-electron chi connectivity index (χ4n) is 3.20. The van der Waals surface area contributed by atoms with E-state index in [1.165, 1.54) is 5.56 Å². The van der Waals surface area contributed by atoms with Crippen molar-refractivity contribution < 1.29 is 9.53 Å². The van der Waals surface area contributed by atoms with Crippen LogP contribution in [0.2, 0.25) is 0 Å². The van der Waals surface area contributed by atoms with Gasteiger partial charge in [0, 0.05) is 16.8 Å². The average molecular weight is 371 g/mol. The molecule has 5 heteroatoms. The highest BCUT2D eigenvalue weighted by molar-refractivity contribution is 5.93. The molecule has 0 fully saturated rings. The summed E-state index contributed by atoms with van der Waals surface area (Å²) in [7, 11) is 1.61. The van der Waals surface area contributed by atoms with Crippen LogP contribution in [0.4, 0.5) is 5.69 Å². The van der Waals surface area contributed by atoms with Crippen LogP contribution in [0.15, 0.2) is 66.7 Å². The van der Waals surface area contributed by atoms with Crippen LogP contribution in [0.1, 0.15) is 11.1 Å². The number of nitrogens with one attached hydrogen (secondary N) is 2. The van der Waals surface area contributed by atoms with Crippen LogP contribution in [0, 0.1) is 6.92 Å². The van der Waals surface area contributed by atoms with Crippen LogP contribution >= 0.6 is 0 Å². The van der Waals surface area contributed by atoms with Crippen LogP contribution in [0.3, 0.4) is 0 Å². The van der Waals surface area contributed by atoms with E-state index in [0.717, 1.165) is 33.7 Å². The van der Waals surface area contributed by atoms with Gasteiger partial charge in [0.2, 0.25) is 5.91 Å². The number of benzene rings is 3. The van der Waals surface area contributed by atoms with Crippen molar-refractivity contribution in [1.82, 2.24) is 9.97 Å². The van der Waals surface area contributed by atoms with Gasteiger partial charge in [0.15, 0.2) is 0 Å². The molecule has 3 aromatic carbocycles. The van der Waals surface area contributed by atoms with E-state index in [9.17, 15) is 4.79 Å². The third-order valence-electron chi connectivity index (χ3n) is 4.62. The van der Waals surface area contributed by atoms with Crippen LogP contribution in [0.5, 0.6) is 5.75 Å². The SMILES string of the molecule is COc1ccccc1CC(=O)Nc1ccc(-c2nc3ccc(C)cc3[nH]2)cc1. The number of anilines is 1. The minimum Gasteiger partial charge on any atom is -0.496 e. The number of para-hydroxylation sites is 1. The lowest BCUT2D eigenvalue weighted by atomic mass is 10.1. The first-order valence-corrected chi connectivity index (χ1v) is 9.11. The molecule has 2 N–H and O–H groups in total. The first-order chi connectivity index (χ1) is 13.6. The zero-order valence-corrected chi connectivity index (χ0v) is 15.8. The van der Waals surface area contributed by atoms with Crippen molar-refractivity contribution in [3.63, 3.8) is 0 Å². The van der Waals surface area contributed by atoms with Gasteiger partial charge in [-0.2, -0.15) is 0 Å². The highest BCUT2D eigenvalue weighted by atomic mass is 16.5. The number of hydrogen-bond donors (Lipinski definition) is 2. The molecule has 0 unspecified atom stereocenters. The maximum atomic E-state index is 12.4. The zero-order valence-electron chi connectivity index (χ0n) is 15.8.